The number of aliphatic imine (C=N–C) groups is 1. The predicted molar refractivity (Wildman–Crippen MR) is 162 cm³/mol. The van der Waals surface area contributed by atoms with Crippen LogP contribution in [0.4, 0.5) is 11.5 Å². The van der Waals surface area contributed by atoms with Gasteiger partial charge in [0.25, 0.3) is 15.9 Å². The van der Waals surface area contributed by atoms with Gasteiger partial charge in [-0.3, -0.25) is 14.5 Å². The van der Waals surface area contributed by atoms with Gasteiger partial charge in [0.1, 0.15) is 28.2 Å². The molecule has 43 heavy (non-hydrogen) atoms. The van der Waals surface area contributed by atoms with E-state index in [1.54, 1.807) is 6.20 Å². The van der Waals surface area contributed by atoms with E-state index in [9.17, 15) is 23.1 Å². The molecule has 0 fully saturated rings. The minimum absolute atomic E-state index is 0.00734. The zero-order valence-corrected chi connectivity index (χ0v) is 24.8. The van der Waals surface area contributed by atoms with Gasteiger partial charge in [0, 0.05) is 31.8 Å². The lowest BCUT2D eigenvalue weighted by Crippen LogP contribution is -2.40. The standard InChI is InChI=1S/C27H31N7O7S2/c1-34-7-9-40-20-12-17(14-31-24(20)34)16-11-15-4-8-41-22(15)21(13-16)43(38,39)33-18-5-10-42-23(18)25(35)32-19(26(36)37)3-2-6-30-27(28)29/h5,10-14,19,33H,2-4,6-9H2,1H3,(H,32,35)(H,36,37)(H4,28,29,30)/t19-/m0/s1. The summed E-state index contributed by atoms with van der Waals surface area (Å²) < 4.78 is 41.5. The van der Waals surface area contributed by atoms with E-state index in [0.29, 0.717) is 55.3 Å². The second-order valence-electron chi connectivity index (χ2n) is 9.96. The van der Waals surface area contributed by atoms with Crippen LogP contribution in [0.3, 0.4) is 0 Å². The van der Waals surface area contributed by atoms with Crippen molar-refractivity contribution in [2.45, 2.75) is 30.2 Å². The largest absolute Gasteiger partial charge is 0.492 e. The van der Waals surface area contributed by atoms with Crippen LogP contribution in [0.5, 0.6) is 11.5 Å². The maximum Gasteiger partial charge on any atom is 0.326 e. The molecule has 0 aliphatic carbocycles. The molecule has 1 amide bonds. The van der Waals surface area contributed by atoms with Gasteiger partial charge in [-0.15, -0.1) is 11.3 Å². The Hall–Kier alpha value is -4.57. The molecule has 0 spiro atoms. The highest BCUT2D eigenvalue weighted by Crippen LogP contribution is 2.40. The molecule has 0 bridgehead atoms. The monoisotopic (exact) mass is 629 g/mol. The fraction of sp³-hybridized carbons (Fsp3) is 0.333. The summed E-state index contributed by atoms with van der Waals surface area (Å²) in [6.07, 6.45) is 2.57. The van der Waals surface area contributed by atoms with Crippen LogP contribution in [0.15, 0.2) is 45.7 Å². The lowest BCUT2D eigenvalue weighted by molar-refractivity contribution is -0.139. The number of fused-ring (bicyclic) bond motifs is 2. The van der Waals surface area contributed by atoms with Crippen LogP contribution in [-0.2, 0) is 21.2 Å². The van der Waals surface area contributed by atoms with Crippen LogP contribution in [-0.4, -0.2) is 75.7 Å². The van der Waals surface area contributed by atoms with Crippen LogP contribution in [0, 0.1) is 0 Å². The summed E-state index contributed by atoms with van der Waals surface area (Å²) in [5.41, 5.74) is 12.6. The molecule has 2 aliphatic heterocycles. The second-order valence-corrected chi connectivity index (χ2v) is 12.5. The average Bonchev–Trinajstić information content (AvgIpc) is 3.63. The number of hydrogen-bond donors (Lipinski definition) is 5. The number of hydrogen-bond acceptors (Lipinski definition) is 10. The van der Waals surface area contributed by atoms with Crippen molar-refractivity contribution < 1.29 is 32.6 Å². The van der Waals surface area contributed by atoms with E-state index >= 15 is 0 Å². The van der Waals surface area contributed by atoms with Crippen LogP contribution in [0.1, 0.15) is 28.1 Å². The van der Waals surface area contributed by atoms with Crippen molar-refractivity contribution in [3.05, 3.63) is 46.3 Å². The molecule has 7 N–H and O–H groups in total. The van der Waals surface area contributed by atoms with Gasteiger partial charge in [-0.05, 0) is 53.6 Å². The Labute approximate surface area is 251 Å². The van der Waals surface area contributed by atoms with Crippen molar-refractivity contribution in [2.75, 3.05) is 43.0 Å². The zero-order chi connectivity index (χ0) is 30.7. The first kappa shape index (κ1) is 29.9. The highest BCUT2D eigenvalue weighted by atomic mass is 32.2. The number of amides is 1. The molecular weight excluding hydrogens is 598 g/mol. The Bertz CT molecular complexity index is 1690. The third-order valence-corrected chi connectivity index (χ3v) is 9.20. The van der Waals surface area contributed by atoms with E-state index < -0.39 is 27.9 Å². The fourth-order valence-corrected chi connectivity index (χ4v) is 6.88. The van der Waals surface area contributed by atoms with E-state index in [-0.39, 0.29) is 40.1 Å². The molecular formula is C27H31N7O7S2. The molecule has 0 saturated heterocycles. The van der Waals surface area contributed by atoms with Crippen LogP contribution >= 0.6 is 11.3 Å². The summed E-state index contributed by atoms with van der Waals surface area (Å²) in [5, 5.41) is 13.6. The Morgan fingerprint density at radius 3 is 2.79 bits per heavy atom. The molecule has 228 valence electrons. The number of nitrogens with one attached hydrogen (secondary N) is 2. The molecule has 5 rings (SSSR count). The van der Waals surface area contributed by atoms with Gasteiger partial charge in [0.05, 0.1) is 18.8 Å². The Balaban J connectivity index is 1.39. The lowest BCUT2D eigenvalue weighted by Gasteiger charge is -2.26. The lowest BCUT2D eigenvalue weighted by atomic mass is 10.0. The molecule has 2 aliphatic rings. The number of nitrogens with two attached hydrogens (primary N) is 2. The summed E-state index contributed by atoms with van der Waals surface area (Å²) in [5.74, 6) is -0.538. The van der Waals surface area contributed by atoms with E-state index in [0.717, 1.165) is 16.9 Å². The van der Waals surface area contributed by atoms with Crippen LogP contribution in [0.2, 0.25) is 0 Å². The summed E-state index contributed by atoms with van der Waals surface area (Å²) in [4.78, 5) is 35.0. The highest BCUT2D eigenvalue weighted by Gasteiger charge is 2.30. The first-order chi connectivity index (χ1) is 20.5. The number of likely N-dealkylation sites (N-methyl/N-ethyl adjacent to an activating group) is 1. The average molecular weight is 630 g/mol. The molecule has 14 nitrogen and oxygen atoms in total. The highest BCUT2D eigenvalue weighted by molar-refractivity contribution is 7.92. The predicted octanol–water partition coefficient (Wildman–Crippen LogP) is 1.61. The van der Waals surface area contributed by atoms with E-state index in [1.165, 1.54) is 17.5 Å². The molecule has 1 atom stereocenters. The van der Waals surface area contributed by atoms with E-state index in [1.807, 2.05) is 24.1 Å². The molecule has 16 heteroatoms. The first-order valence-corrected chi connectivity index (χ1v) is 15.7. The van der Waals surface area contributed by atoms with E-state index in [4.69, 9.17) is 20.9 Å². The third-order valence-electron chi connectivity index (χ3n) is 6.92. The summed E-state index contributed by atoms with van der Waals surface area (Å²) >= 11 is 0.974. The summed E-state index contributed by atoms with van der Waals surface area (Å²) in [6.45, 7) is 1.74. The molecule has 3 aromatic rings. The minimum atomic E-state index is -4.25. The quantitative estimate of drug-likeness (QED) is 0.117. The topological polar surface area (TPSA) is 212 Å². The van der Waals surface area contributed by atoms with E-state index in [2.05, 4.69) is 20.0 Å². The number of sulfonamides is 1. The third kappa shape index (κ3) is 6.59. The SMILES string of the molecule is CN1CCOc2cc(-c3cc4c(c(S(=O)(=O)Nc5ccsc5C(=O)N[C@@H](CCCN=C(N)N)C(=O)O)c3)OCC4)cnc21. The van der Waals surface area contributed by atoms with Crippen LogP contribution < -0.4 is 35.9 Å². The van der Waals surface area contributed by atoms with Gasteiger partial charge < -0.3 is 36.3 Å². The number of aromatic nitrogens is 1. The van der Waals surface area contributed by atoms with Gasteiger partial charge in [0.15, 0.2) is 17.5 Å². The van der Waals surface area contributed by atoms with Crippen molar-refractivity contribution in [2.24, 2.45) is 16.5 Å². The van der Waals surface area contributed by atoms with Gasteiger partial charge >= 0.3 is 5.97 Å². The number of carbonyl (C=O) groups is 2. The number of thiophene rings is 1. The zero-order valence-electron chi connectivity index (χ0n) is 23.2. The Kier molecular flexibility index (Phi) is 8.59. The number of pyridine rings is 1. The Morgan fingerprint density at radius 2 is 2.02 bits per heavy atom. The maximum atomic E-state index is 13.8. The second kappa shape index (κ2) is 12.3. The number of carboxylic acid groups (broad SMARTS) is 1. The number of aliphatic carboxylic acids is 1. The van der Waals surface area contributed by atoms with Crippen molar-refractivity contribution in [3.8, 4) is 22.6 Å². The number of carboxylic acids is 1. The maximum absolute atomic E-state index is 13.8. The van der Waals surface area contributed by atoms with Gasteiger partial charge in [-0.1, -0.05) is 0 Å². The fourth-order valence-electron chi connectivity index (χ4n) is 4.78. The molecule has 0 unspecified atom stereocenters. The Morgan fingerprint density at radius 1 is 1.21 bits per heavy atom. The van der Waals surface area contributed by atoms with Crippen molar-refractivity contribution >= 4 is 50.7 Å². The number of nitrogens with zero attached hydrogens (tertiary/aromatic N) is 3. The molecule has 0 radical (unpaired) electrons. The molecule has 4 heterocycles. The number of carbonyl (C=O) groups excluding carboxylic acids is 1. The number of benzene rings is 1. The molecule has 1 aromatic carbocycles. The number of guanidine groups is 1. The van der Waals surface area contributed by atoms with Crippen molar-refractivity contribution in [1.82, 2.24) is 10.3 Å². The van der Waals surface area contributed by atoms with Crippen molar-refractivity contribution in [3.63, 3.8) is 0 Å². The molecule has 2 aromatic heterocycles. The number of ether oxygens (including phenoxy) is 2. The summed E-state index contributed by atoms with van der Waals surface area (Å²) in [7, 11) is -2.33. The van der Waals surface area contributed by atoms with Gasteiger partial charge in [0.2, 0.25) is 0 Å². The first-order valence-electron chi connectivity index (χ1n) is 13.4. The summed E-state index contributed by atoms with van der Waals surface area (Å²) in [6, 6.07) is 5.43. The molecule has 0 saturated carbocycles. The number of rotatable bonds is 11. The van der Waals surface area contributed by atoms with Crippen molar-refractivity contribution in [1.29, 1.82) is 0 Å². The minimum Gasteiger partial charge on any atom is -0.492 e. The van der Waals surface area contributed by atoms with Crippen LogP contribution in [0.25, 0.3) is 11.1 Å². The van der Waals surface area contributed by atoms with Gasteiger partial charge in [-0.2, -0.15) is 0 Å². The number of anilines is 2. The smallest absolute Gasteiger partial charge is 0.326 e. The normalized spacial score (nSPS) is 14.5. The van der Waals surface area contributed by atoms with Gasteiger partial charge in [-0.25, -0.2) is 18.2 Å².